The first-order chi connectivity index (χ1) is 13.3. The maximum Gasteiger partial charge on any atom is 0.149 e. The maximum atomic E-state index is 6.59. The maximum absolute atomic E-state index is 6.59. The average Bonchev–Trinajstić information content (AvgIpc) is 3.23. The third-order valence-corrected chi connectivity index (χ3v) is 6.22. The number of aromatic nitrogens is 4. The fourth-order valence-corrected chi connectivity index (χ4v) is 4.78. The molecule has 0 aliphatic heterocycles. The predicted octanol–water partition coefficient (Wildman–Crippen LogP) is 4.78. The Bertz CT molecular complexity index is 1160. The standard InChI is InChI=1S/C22H25N5S/c1-11-9-12(2)20(13(3)10-11)27-15(5)14(4)17-19(25-16(6)26-21(17)27)18(23)22-24-7-8-28-22/h7-10,18H,23H2,1-6H3. The highest BCUT2D eigenvalue weighted by atomic mass is 32.1. The Balaban J connectivity index is 2.08. The molecule has 144 valence electrons. The molecule has 5 nitrogen and oxygen atoms in total. The van der Waals surface area contributed by atoms with Crippen molar-refractivity contribution in [3.8, 4) is 5.69 Å². The molecule has 4 aromatic rings. The molecule has 0 saturated carbocycles. The number of nitrogens with zero attached hydrogens (tertiary/aromatic N) is 4. The van der Waals surface area contributed by atoms with Gasteiger partial charge in [0.2, 0.25) is 0 Å². The molecule has 0 aliphatic rings. The molecule has 3 heterocycles. The van der Waals surface area contributed by atoms with Crippen LogP contribution < -0.4 is 5.73 Å². The molecule has 0 spiro atoms. The van der Waals surface area contributed by atoms with E-state index in [1.807, 2.05) is 12.3 Å². The molecule has 6 heteroatoms. The van der Waals surface area contributed by atoms with Crippen molar-refractivity contribution in [1.82, 2.24) is 19.5 Å². The minimum absolute atomic E-state index is 0.363. The van der Waals surface area contributed by atoms with Crippen LogP contribution in [0.2, 0.25) is 0 Å². The Morgan fingerprint density at radius 3 is 2.29 bits per heavy atom. The molecular weight excluding hydrogens is 366 g/mol. The number of rotatable bonds is 3. The third kappa shape index (κ3) is 2.84. The van der Waals surface area contributed by atoms with E-state index in [9.17, 15) is 0 Å². The van der Waals surface area contributed by atoms with E-state index in [0.717, 1.165) is 38.8 Å². The van der Waals surface area contributed by atoms with Crippen LogP contribution in [0.3, 0.4) is 0 Å². The molecule has 2 N–H and O–H groups in total. The molecule has 1 atom stereocenters. The van der Waals surface area contributed by atoms with Crippen LogP contribution in [0.15, 0.2) is 23.7 Å². The molecule has 0 radical (unpaired) electrons. The van der Waals surface area contributed by atoms with Crippen molar-refractivity contribution in [3.05, 3.63) is 68.2 Å². The van der Waals surface area contributed by atoms with Gasteiger partial charge in [-0.1, -0.05) is 17.7 Å². The van der Waals surface area contributed by atoms with E-state index in [1.54, 1.807) is 17.5 Å². The summed E-state index contributed by atoms with van der Waals surface area (Å²) in [5.74, 6) is 0.718. The monoisotopic (exact) mass is 391 g/mol. The third-order valence-electron chi connectivity index (χ3n) is 5.37. The summed E-state index contributed by atoms with van der Waals surface area (Å²) in [7, 11) is 0. The first-order valence-electron chi connectivity index (χ1n) is 9.39. The lowest BCUT2D eigenvalue weighted by molar-refractivity contribution is 0.811. The number of benzene rings is 1. The summed E-state index contributed by atoms with van der Waals surface area (Å²) in [6, 6.07) is 4.08. The van der Waals surface area contributed by atoms with Gasteiger partial charge < -0.3 is 5.73 Å². The van der Waals surface area contributed by atoms with Gasteiger partial charge in [0.1, 0.15) is 22.5 Å². The highest BCUT2D eigenvalue weighted by molar-refractivity contribution is 7.09. The molecular formula is C22H25N5S. The molecule has 0 bridgehead atoms. The van der Waals surface area contributed by atoms with Crippen molar-refractivity contribution in [2.75, 3.05) is 0 Å². The minimum atomic E-state index is -0.363. The Morgan fingerprint density at radius 2 is 1.68 bits per heavy atom. The second kappa shape index (κ2) is 6.79. The van der Waals surface area contributed by atoms with Crippen molar-refractivity contribution in [2.45, 2.75) is 47.6 Å². The lowest BCUT2D eigenvalue weighted by Crippen LogP contribution is -2.15. The number of nitrogens with two attached hydrogens (primary N) is 1. The van der Waals surface area contributed by atoms with Crippen molar-refractivity contribution >= 4 is 22.4 Å². The van der Waals surface area contributed by atoms with Crippen molar-refractivity contribution in [3.63, 3.8) is 0 Å². The normalized spacial score (nSPS) is 12.7. The van der Waals surface area contributed by atoms with Gasteiger partial charge in [-0.2, -0.15) is 0 Å². The van der Waals surface area contributed by atoms with Crippen LogP contribution in [0.1, 0.15) is 50.5 Å². The Hall–Kier alpha value is -2.57. The van der Waals surface area contributed by atoms with Gasteiger partial charge in [-0.15, -0.1) is 11.3 Å². The fraction of sp³-hybridized carbons (Fsp3) is 0.318. The number of thiazole rings is 1. The van der Waals surface area contributed by atoms with Gasteiger partial charge in [0.05, 0.1) is 11.4 Å². The summed E-state index contributed by atoms with van der Waals surface area (Å²) in [6.07, 6.45) is 1.79. The van der Waals surface area contributed by atoms with Gasteiger partial charge in [0.25, 0.3) is 0 Å². The zero-order valence-corrected chi connectivity index (χ0v) is 18.0. The van der Waals surface area contributed by atoms with Crippen molar-refractivity contribution in [1.29, 1.82) is 0 Å². The second-order valence-corrected chi connectivity index (χ2v) is 8.42. The molecule has 4 rings (SSSR count). The summed E-state index contributed by atoms with van der Waals surface area (Å²) >= 11 is 1.56. The van der Waals surface area contributed by atoms with Gasteiger partial charge >= 0.3 is 0 Å². The lowest BCUT2D eigenvalue weighted by atomic mass is 10.0. The van der Waals surface area contributed by atoms with E-state index in [4.69, 9.17) is 15.7 Å². The van der Waals surface area contributed by atoms with Gasteiger partial charge in [0.15, 0.2) is 0 Å². The van der Waals surface area contributed by atoms with Crippen LogP contribution >= 0.6 is 11.3 Å². The summed E-state index contributed by atoms with van der Waals surface area (Å²) in [6.45, 7) is 12.6. The number of fused-ring (bicyclic) bond motifs is 1. The van der Waals surface area contributed by atoms with Gasteiger partial charge in [-0.25, -0.2) is 15.0 Å². The Labute approximate surface area is 169 Å². The molecule has 0 saturated heterocycles. The van der Waals surface area contributed by atoms with Crippen LogP contribution in [0.25, 0.3) is 16.7 Å². The number of hydrogen-bond donors (Lipinski definition) is 1. The number of hydrogen-bond acceptors (Lipinski definition) is 5. The van der Waals surface area contributed by atoms with E-state index in [-0.39, 0.29) is 6.04 Å². The van der Waals surface area contributed by atoms with Crippen LogP contribution in [-0.4, -0.2) is 19.5 Å². The van der Waals surface area contributed by atoms with E-state index in [0.29, 0.717) is 0 Å². The second-order valence-electron chi connectivity index (χ2n) is 7.50. The SMILES string of the molecule is Cc1cc(C)c(-n2c(C)c(C)c3c(C(N)c4nccs4)nc(C)nc32)c(C)c1. The fourth-order valence-electron chi connectivity index (χ4n) is 4.14. The molecule has 0 amide bonds. The summed E-state index contributed by atoms with van der Waals surface area (Å²) in [4.78, 5) is 14.0. The first kappa shape index (κ1) is 18.8. The molecule has 28 heavy (non-hydrogen) atoms. The Kier molecular flexibility index (Phi) is 4.56. The summed E-state index contributed by atoms with van der Waals surface area (Å²) < 4.78 is 2.27. The van der Waals surface area contributed by atoms with E-state index < -0.39 is 0 Å². The van der Waals surface area contributed by atoms with Crippen molar-refractivity contribution < 1.29 is 0 Å². The summed E-state index contributed by atoms with van der Waals surface area (Å²) in [5, 5.41) is 3.85. The van der Waals surface area contributed by atoms with Crippen LogP contribution in [0.5, 0.6) is 0 Å². The average molecular weight is 392 g/mol. The van der Waals surface area contributed by atoms with Gasteiger partial charge in [-0.05, 0) is 58.2 Å². The van der Waals surface area contributed by atoms with E-state index in [1.165, 1.54) is 22.4 Å². The molecule has 0 fully saturated rings. The van der Waals surface area contributed by atoms with Crippen molar-refractivity contribution in [2.24, 2.45) is 5.73 Å². The zero-order valence-electron chi connectivity index (χ0n) is 17.2. The summed E-state index contributed by atoms with van der Waals surface area (Å²) in [5.41, 5.74) is 15.6. The first-order valence-corrected chi connectivity index (χ1v) is 10.3. The number of aryl methyl sites for hydroxylation is 5. The quantitative estimate of drug-likeness (QED) is 0.546. The highest BCUT2D eigenvalue weighted by Gasteiger charge is 2.24. The van der Waals surface area contributed by atoms with Crippen LogP contribution in [0, 0.1) is 41.5 Å². The van der Waals surface area contributed by atoms with Gasteiger partial charge in [0, 0.05) is 22.7 Å². The minimum Gasteiger partial charge on any atom is -0.317 e. The Morgan fingerprint density at radius 1 is 1.00 bits per heavy atom. The van der Waals surface area contributed by atoms with E-state index in [2.05, 4.69) is 56.3 Å². The largest absolute Gasteiger partial charge is 0.317 e. The molecule has 0 aliphatic carbocycles. The molecule has 1 aromatic carbocycles. The van der Waals surface area contributed by atoms with Gasteiger partial charge in [-0.3, -0.25) is 4.57 Å². The molecule has 3 aromatic heterocycles. The topological polar surface area (TPSA) is 69.6 Å². The highest BCUT2D eigenvalue weighted by Crippen LogP contribution is 2.35. The van der Waals surface area contributed by atoms with Crippen LogP contribution in [0.4, 0.5) is 0 Å². The smallest absolute Gasteiger partial charge is 0.149 e. The predicted molar refractivity (Wildman–Crippen MR) is 115 cm³/mol. The lowest BCUT2D eigenvalue weighted by Gasteiger charge is -2.16. The van der Waals surface area contributed by atoms with Crippen LogP contribution in [-0.2, 0) is 0 Å². The zero-order chi connectivity index (χ0) is 20.2. The molecule has 1 unspecified atom stereocenters. The van der Waals surface area contributed by atoms with E-state index >= 15 is 0 Å².